The Balaban J connectivity index is 2.07. The van der Waals surface area contributed by atoms with E-state index in [4.69, 9.17) is 15.2 Å². The molecule has 3 N–H and O–H groups in total. The van der Waals surface area contributed by atoms with Gasteiger partial charge < -0.3 is 25.4 Å². The molecular weight excluding hydrogens is 462 g/mol. The Bertz CT molecular complexity index is 863. The van der Waals surface area contributed by atoms with Crippen molar-refractivity contribution in [2.45, 2.75) is 64.6 Å². The molecule has 0 unspecified atom stereocenters. The van der Waals surface area contributed by atoms with Crippen molar-refractivity contribution in [3.63, 3.8) is 0 Å². The van der Waals surface area contributed by atoms with Crippen molar-refractivity contribution >= 4 is 40.8 Å². The van der Waals surface area contributed by atoms with Gasteiger partial charge in [0, 0.05) is 22.3 Å². The van der Waals surface area contributed by atoms with Crippen molar-refractivity contribution in [3.05, 3.63) is 44.8 Å². The maximum absolute atomic E-state index is 13.2. The number of nitrogens with zero attached hydrogens (tertiary/aromatic N) is 1. The predicted octanol–water partition coefficient (Wildman–Crippen LogP) is 4.54. The molecule has 0 bridgehead atoms. The Morgan fingerprint density at radius 2 is 1.76 bits per heavy atom. The van der Waals surface area contributed by atoms with E-state index >= 15 is 0 Å². The summed E-state index contributed by atoms with van der Waals surface area (Å²) < 4.78 is 10.2. The molecule has 182 valence electrons. The van der Waals surface area contributed by atoms with E-state index < -0.39 is 17.8 Å². The molecule has 0 aliphatic heterocycles. The SMILES string of the molecule is CC(C)(C)OC(=O)N[C@@H](CCCCOC(N)=O)CN(Cc1cccs1)C(=O)Cc1cccs1. The summed E-state index contributed by atoms with van der Waals surface area (Å²) in [4.78, 5) is 40.2. The summed E-state index contributed by atoms with van der Waals surface area (Å²) in [6.07, 6.45) is 0.856. The Morgan fingerprint density at radius 1 is 1.09 bits per heavy atom. The lowest BCUT2D eigenvalue weighted by molar-refractivity contribution is -0.131. The van der Waals surface area contributed by atoms with Crippen LogP contribution in [-0.4, -0.2) is 47.8 Å². The Hall–Kier alpha value is -2.59. The third kappa shape index (κ3) is 11.2. The molecule has 0 aliphatic rings. The summed E-state index contributed by atoms with van der Waals surface area (Å²) in [5.74, 6) is -0.00102. The first kappa shape index (κ1) is 26.7. The van der Waals surface area contributed by atoms with Crippen LogP contribution in [0.15, 0.2) is 35.0 Å². The lowest BCUT2D eigenvalue weighted by Crippen LogP contribution is -2.47. The van der Waals surface area contributed by atoms with E-state index in [2.05, 4.69) is 5.32 Å². The number of carbonyl (C=O) groups excluding carboxylic acids is 3. The van der Waals surface area contributed by atoms with Crippen LogP contribution in [0.3, 0.4) is 0 Å². The van der Waals surface area contributed by atoms with Crippen molar-refractivity contribution in [2.24, 2.45) is 5.73 Å². The summed E-state index contributed by atoms with van der Waals surface area (Å²) >= 11 is 3.14. The van der Waals surface area contributed by atoms with Gasteiger partial charge in [-0.15, -0.1) is 22.7 Å². The van der Waals surface area contributed by atoms with Crippen molar-refractivity contribution in [2.75, 3.05) is 13.2 Å². The first-order valence-corrected chi connectivity index (χ1v) is 12.6. The lowest BCUT2D eigenvalue weighted by atomic mass is 10.1. The number of unbranched alkanes of at least 4 members (excludes halogenated alkanes) is 1. The third-order valence-corrected chi connectivity index (χ3v) is 6.28. The second-order valence-corrected chi connectivity index (χ2v) is 10.7. The second kappa shape index (κ2) is 13.2. The molecule has 33 heavy (non-hydrogen) atoms. The number of amides is 3. The highest BCUT2D eigenvalue weighted by molar-refractivity contribution is 7.10. The summed E-state index contributed by atoms with van der Waals surface area (Å²) in [6, 6.07) is 7.50. The number of alkyl carbamates (subject to hydrolysis) is 1. The molecule has 1 atom stereocenters. The zero-order chi connectivity index (χ0) is 24.3. The Kier molecular flexibility index (Phi) is 10.7. The molecule has 0 aromatic carbocycles. The highest BCUT2D eigenvalue weighted by Crippen LogP contribution is 2.17. The van der Waals surface area contributed by atoms with Crippen LogP contribution >= 0.6 is 22.7 Å². The van der Waals surface area contributed by atoms with Gasteiger partial charge in [-0.25, -0.2) is 9.59 Å². The minimum atomic E-state index is -0.806. The van der Waals surface area contributed by atoms with E-state index in [1.54, 1.807) is 48.3 Å². The Morgan fingerprint density at radius 3 is 2.33 bits per heavy atom. The van der Waals surface area contributed by atoms with Gasteiger partial charge in [-0.2, -0.15) is 0 Å². The molecule has 0 saturated heterocycles. The van der Waals surface area contributed by atoms with E-state index in [-0.39, 0.29) is 18.6 Å². The molecule has 0 saturated carbocycles. The van der Waals surface area contributed by atoms with Crippen LogP contribution in [-0.2, 0) is 27.2 Å². The van der Waals surface area contributed by atoms with Crippen LogP contribution in [0.2, 0.25) is 0 Å². The molecule has 0 radical (unpaired) electrons. The predicted molar refractivity (Wildman–Crippen MR) is 130 cm³/mol. The molecule has 2 aromatic rings. The van der Waals surface area contributed by atoms with Gasteiger partial charge in [-0.05, 0) is 62.9 Å². The largest absolute Gasteiger partial charge is 0.450 e. The average Bonchev–Trinajstić information content (AvgIpc) is 3.39. The molecule has 2 heterocycles. The number of primary amides is 1. The van der Waals surface area contributed by atoms with Gasteiger partial charge in [-0.3, -0.25) is 4.79 Å². The minimum absolute atomic E-state index is 0.00102. The van der Waals surface area contributed by atoms with Gasteiger partial charge in [0.1, 0.15) is 5.60 Å². The van der Waals surface area contributed by atoms with Gasteiger partial charge in [0.2, 0.25) is 5.91 Å². The summed E-state index contributed by atoms with van der Waals surface area (Å²) in [7, 11) is 0. The second-order valence-electron chi connectivity index (χ2n) is 8.62. The first-order valence-electron chi connectivity index (χ1n) is 10.9. The van der Waals surface area contributed by atoms with Crippen LogP contribution in [0.25, 0.3) is 0 Å². The lowest BCUT2D eigenvalue weighted by Gasteiger charge is -2.29. The smallest absolute Gasteiger partial charge is 0.407 e. The van der Waals surface area contributed by atoms with Gasteiger partial charge in [-0.1, -0.05) is 12.1 Å². The average molecular weight is 496 g/mol. The van der Waals surface area contributed by atoms with Crippen LogP contribution in [0.1, 0.15) is 49.8 Å². The van der Waals surface area contributed by atoms with Gasteiger partial charge in [0.05, 0.1) is 19.6 Å². The molecule has 3 amide bonds. The van der Waals surface area contributed by atoms with Crippen molar-refractivity contribution in [3.8, 4) is 0 Å². The molecule has 0 aliphatic carbocycles. The fourth-order valence-corrected chi connectivity index (χ4v) is 4.55. The van der Waals surface area contributed by atoms with Crippen LogP contribution in [0.4, 0.5) is 9.59 Å². The monoisotopic (exact) mass is 495 g/mol. The summed E-state index contributed by atoms with van der Waals surface area (Å²) in [6.45, 7) is 6.44. The molecule has 0 fully saturated rings. The molecule has 2 rings (SSSR count). The summed E-state index contributed by atoms with van der Waals surface area (Å²) in [5.41, 5.74) is 4.37. The number of nitrogens with one attached hydrogen (secondary N) is 1. The zero-order valence-corrected chi connectivity index (χ0v) is 21.0. The number of hydrogen-bond donors (Lipinski definition) is 2. The maximum atomic E-state index is 13.2. The maximum Gasteiger partial charge on any atom is 0.407 e. The minimum Gasteiger partial charge on any atom is -0.450 e. The fraction of sp³-hybridized carbons (Fsp3) is 0.522. The number of thiophene rings is 2. The zero-order valence-electron chi connectivity index (χ0n) is 19.4. The third-order valence-electron chi connectivity index (χ3n) is 4.54. The normalized spacial score (nSPS) is 12.1. The number of nitrogens with two attached hydrogens (primary N) is 1. The van der Waals surface area contributed by atoms with Crippen molar-refractivity contribution in [1.29, 1.82) is 0 Å². The van der Waals surface area contributed by atoms with Gasteiger partial charge in [0.25, 0.3) is 0 Å². The van der Waals surface area contributed by atoms with Crippen LogP contribution in [0, 0.1) is 0 Å². The first-order chi connectivity index (χ1) is 15.6. The van der Waals surface area contributed by atoms with E-state index in [0.29, 0.717) is 38.8 Å². The van der Waals surface area contributed by atoms with Gasteiger partial charge in [0.15, 0.2) is 0 Å². The van der Waals surface area contributed by atoms with Crippen molar-refractivity contribution in [1.82, 2.24) is 10.2 Å². The van der Waals surface area contributed by atoms with Crippen LogP contribution in [0.5, 0.6) is 0 Å². The number of ether oxygens (including phenoxy) is 2. The molecule has 10 heteroatoms. The van der Waals surface area contributed by atoms with E-state index in [0.717, 1.165) is 9.75 Å². The van der Waals surface area contributed by atoms with Crippen LogP contribution < -0.4 is 11.1 Å². The number of carbonyl (C=O) groups is 3. The molecule has 0 spiro atoms. The standard InChI is InChI=1S/C23H33N3O5S2/c1-23(2,3)31-22(29)25-17(8-4-5-11-30-21(24)28)15-26(16-19-10-7-13-33-19)20(27)14-18-9-6-12-32-18/h6-7,9-10,12-13,17H,4-5,8,11,14-16H2,1-3H3,(H2,24,28)(H,25,29)/t17-/m0/s1. The Labute approximate surface area is 203 Å². The van der Waals surface area contributed by atoms with E-state index in [1.807, 2.05) is 35.0 Å². The molecule has 2 aromatic heterocycles. The quantitative estimate of drug-likeness (QED) is 0.420. The molecular formula is C23H33N3O5S2. The van der Waals surface area contributed by atoms with Crippen molar-refractivity contribution < 1.29 is 23.9 Å². The van der Waals surface area contributed by atoms with E-state index in [9.17, 15) is 14.4 Å². The van der Waals surface area contributed by atoms with Gasteiger partial charge >= 0.3 is 12.2 Å². The number of rotatable bonds is 12. The topological polar surface area (TPSA) is 111 Å². The highest BCUT2D eigenvalue weighted by Gasteiger charge is 2.24. The summed E-state index contributed by atoms with van der Waals surface area (Å²) in [5, 5.41) is 6.85. The highest BCUT2D eigenvalue weighted by atomic mass is 32.1. The van der Waals surface area contributed by atoms with E-state index in [1.165, 1.54) is 0 Å². The number of hydrogen-bond acceptors (Lipinski definition) is 7. The molecule has 8 nitrogen and oxygen atoms in total. The fourth-order valence-electron chi connectivity index (χ4n) is 3.13.